The van der Waals surface area contributed by atoms with Gasteiger partial charge >= 0.3 is 0 Å². The van der Waals surface area contributed by atoms with Gasteiger partial charge in [0, 0.05) is 0 Å². The lowest BCUT2D eigenvalue weighted by Gasteiger charge is -2.15. The summed E-state index contributed by atoms with van der Waals surface area (Å²) < 4.78 is 11.0. The van der Waals surface area contributed by atoms with Crippen molar-refractivity contribution in [1.29, 1.82) is 0 Å². The molecule has 0 amide bonds. The minimum absolute atomic E-state index is 0.00406. The van der Waals surface area contributed by atoms with Crippen LogP contribution in [0.25, 0.3) is 33.4 Å². The van der Waals surface area contributed by atoms with Gasteiger partial charge in [-0.1, -0.05) is 72.8 Å². The third-order valence-corrected chi connectivity index (χ3v) is 5.19. The Labute approximate surface area is 188 Å². The summed E-state index contributed by atoms with van der Waals surface area (Å²) in [6, 6.07) is 32.6. The van der Waals surface area contributed by atoms with Crippen LogP contribution in [0.15, 0.2) is 97.1 Å². The van der Waals surface area contributed by atoms with Gasteiger partial charge in [-0.05, 0) is 57.6 Å². The number of aliphatic hydroxyl groups is 2. The number of ether oxygens (including phenoxy) is 2. The molecule has 0 unspecified atom stereocenters. The maximum Gasteiger partial charge on any atom is 0.119 e. The molecule has 0 fully saturated rings. The molecule has 0 aliphatic heterocycles. The molecule has 0 bridgehead atoms. The lowest BCUT2D eigenvalue weighted by molar-refractivity contribution is 0.201. The van der Waals surface area contributed by atoms with Crippen molar-refractivity contribution in [2.75, 3.05) is 26.4 Å². The fourth-order valence-electron chi connectivity index (χ4n) is 3.73. The molecule has 0 radical (unpaired) electrons. The van der Waals surface area contributed by atoms with Crippen LogP contribution in [0.1, 0.15) is 0 Å². The van der Waals surface area contributed by atoms with E-state index in [0.29, 0.717) is 0 Å². The highest BCUT2D eigenvalue weighted by Crippen LogP contribution is 2.38. The van der Waals surface area contributed by atoms with Gasteiger partial charge in [-0.3, -0.25) is 0 Å². The summed E-state index contributed by atoms with van der Waals surface area (Å²) in [5, 5.41) is 17.9. The monoisotopic (exact) mass is 426 g/mol. The summed E-state index contributed by atoms with van der Waals surface area (Å²) in [4.78, 5) is 0. The summed E-state index contributed by atoms with van der Waals surface area (Å²) in [5.41, 5.74) is 6.76. The predicted octanol–water partition coefficient (Wildman–Crippen LogP) is 5.43. The molecule has 0 aliphatic rings. The largest absolute Gasteiger partial charge is 0.491 e. The summed E-state index contributed by atoms with van der Waals surface area (Å²) in [6.07, 6.45) is 0. The first-order valence-corrected chi connectivity index (χ1v) is 10.7. The standard InChI is InChI=1S/C28H26O4/c29-17-19-31-23-13-9-21(10-14-23)25-5-1-3-7-27(25)28-8-4-2-6-26(28)22-11-15-24(16-12-22)32-20-18-30/h1-16,29-30H,17-20H2. The number of benzene rings is 4. The van der Waals surface area contributed by atoms with Crippen molar-refractivity contribution in [3.8, 4) is 44.9 Å². The van der Waals surface area contributed by atoms with E-state index in [0.717, 1.165) is 44.9 Å². The van der Waals surface area contributed by atoms with Gasteiger partial charge in [-0.25, -0.2) is 0 Å². The SMILES string of the molecule is OCCOc1ccc(-c2ccccc2-c2ccccc2-c2ccc(OCCO)cc2)cc1. The first kappa shape index (κ1) is 21.6. The van der Waals surface area contributed by atoms with Gasteiger partial charge in [-0.15, -0.1) is 0 Å². The average Bonchev–Trinajstić information content (AvgIpc) is 2.87. The summed E-state index contributed by atoms with van der Waals surface area (Å²) in [5.74, 6) is 1.48. The van der Waals surface area contributed by atoms with E-state index < -0.39 is 0 Å². The molecule has 4 heteroatoms. The first-order valence-electron chi connectivity index (χ1n) is 10.7. The van der Waals surface area contributed by atoms with E-state index >= 15 is 0 Å². The van der Waals surface area contributed by atoms with E-state index in [2.05, 4.69) is 36.4 Å². The van der Waals surface area contributed by atoms with Crippen molar-refractivity contribution in [1.82, 2.24) is 0 Å². The summed E-state index contributed by atoms with van der Waals surface area (Å²) >= 11 is 0. The molecule has 4 aromatic rings. The second-order valence-electron chi connectivity index (χ2n) is 7.28. The normalized spacial score (nSPS) is 10.7. The lowest BCUT2D eigenvalue weighted by Crippen LogP contribution is -2.01. The molecule has 0 atom stereocenters. The molecule has 4 nitrogen and oxygen atoms in total. The van der Waals surface area contributed by atoms with E-state index in [4.69, 9.17) is 19.7 Å². The second-order valence-corrected chi connectivity index (χ2v) is 7.28. The quantitative estimate of drug-likeness (QED) is 0.375. The highest BCUT2D eigenvalue weighted by Gasteiger charge is 2.12. The van der Waals surface area contributed by atoms with Crippen molar-refractivity contribution in [3.63, 3.8) is 0 Å². The molecule has 0 aromatic heterocycles. The zero-order chi connectivity index (χ0) is 22.2. The molecule has 0 aliphatic carbocycles. The summed E-state index contributed by atoms with van der Waals surface area (Å²) in [7, 11) is 0. The van der Waals surface area contributed by atoms with Gasteiger partial charge in [0.05, 0.1) is 13.2 Å². The molecule has 0 spiro atoms. The van der Waals surface area contributed by atoms with Crippen LogP contribution in [0.4, 0.5) is 0 Å². The fraction of sp³-hybridized carbons (Fsp3) is 0.143. The first-order chi connectivity index (χ1) is 15.8. The Kier molecular flexibility index (Phi) is 7.18. The Balaban J connectivity index is 1.70. The average molecular weight is 427 g/mol. The molecule has 4 aromatic carbocycles. The molecule has 0 saturated carbocycles. The zero-order valence-corrected chi connectivity index (χ0v) is 17.8. The predicted molar refractivity (Wildman–Crippen MR) is 128 cm³/mol. The Morgan fingerprint density at radius 1 is 0.438 bits per heavy atom. The van der Waals surface area contributed by atoms with E-state index in [-0.39, 0.29) is 26.4 Å². The Morgan fingerprint density at radius 3 is 1.12 bits per heavy atom. The number of hydrogen-bond donors (Lipinski definition) is 2. The lowest BCUT2D eigenvalue weighted by atomic mass is 9.89. The second kappa shape index (κ2) is 10.6. The molecule has 0 saturated heterocycles. The van der Waals surface area contributed by atoms with E-state index in [1.165, 1.54) is 0 Å². The van der Waals surface area contributed by atoms with Gasteiger partial charge in [0.25, 0.3) is 0 Å². The van der Waals surface area contributed by atoms with Crippen molar-refractivity contribution < 1.29 is 19.7 Å². The minimum atomic E-state index is -0.00406. The Hall–Kier alpha value is -3.60. The van der Waals surface area contributed by atoms with Gasteiger partial charge in [0.1, 0.15) is 24.7 Å². The van der Waals surface area contributed by atoms with Crippen molar-refractivity contribution in [2.24, 2.45) is 0 Å². The van der Waals surface area contributed by atoms with E-state index in [1.54, 1.807) is 0 Å². The maximum absolute atomic E-state index is 8.95. The van der Waals surface area contributed by atoms with Crippen LogP contribution < -0.4 is 9.47 Å². The highest BCUT2D eigenvalue weighted by atomic mass is 16.5. The van der Waals surface area contributed by atoms with Crippen molar-refractivity contribution >= 4 is 0 Å². The van der Waals surface area contributed by atoms with Crippen LogP contribution in [-0.4, -0.2) is 36.6 Å². The third kappa shape index (κ3) is 4.99. The molecule has 162 valence electrons. The fourth-order valence-corrected chi connectivity index (χ4v) is 3.73. The maximum atomic E-state index is 8.95. The smallest absolute Gasteiger partial charge is 0.119 e. The van der Waals surface area contributed by atoms with Crippen LogP contribution >= 0.6 is 0 Å². The zero-order valence-electron chi connectivity index (χ0n) is 17.8. The van der Waals surface area contributed by atoms with Crippen LogP contribution in [0.2, 0.25) is 0 Å². The van der Waals surface area contributed by atoms with Crippen molar-refractivity contribution in [2.45, 2.75) is 0 Å². The molecule has 0 heterocycles. The van der Waals surface area contributed by atoms with Gasteiger partial charge in [-0.2, -0.15) is 0 Å². The summed E-state index contributed by atoms with van der Waals surface area (Å²) in [6.45, 7) is 0.562. The van der Waals surface area contributed by atoms with Crippen LogP contribution in [0, 0.1) is 0 Å². The number of rotatable bonds is 9. The molecule has 32 heavy (non-hydrogen) atoms. The van der Waals surface area contributed by atoms with Gasteiger partial charge in [0.2, 0.25) is 0 Å². The van der Waals surface area contributed by atoms with Gasteiger partial charge in [0.15, 0.2) is 0 Å². The van der Waals surface area contributed by atoms with Gasteiger partial charge < -0.3 is 19.7 Å². The highest BCUT2D eigenvalue weighted by molar-refractivity contribution is 5.91. The molecule has 4 rings (SSSR count). The topological polar surface area (TPSA) is 58.9 Å². The third-order valence-electron chi connectivity index (χ3n) is 5.19. The molecular weight excluding hydrogens is 400 g/mol. The number of aliphatic hydroxyl groups excluding tert-OH is 2. The van der Waals surface area contributed by atoms with Crippen LogP contribution in [0.3, 0.4) is 0 Å². The molecular formula is C28H26O4. The van der Waals surface area contributed by atoms with Crippen LogP contribution in [-0.2, 0) is 0 Å². The molecule has 2 N–H and O–H groups in total. The van der Waals surface area contributed by atoms with E-state index in [9.17, 15) is 0 Å². The van der Waals surface area contributed by atoms with Crippen molar-refractivity contribution in [3.05, 3.63) is 97.1 Å². The Bertz CT molecular complexity index is 1040. The van der Waals surface area contributed by atoms with Crippen LogP contribution in [0.5, 0.6) is 11.5 Å². The van der Waals surface area contributed by atoms with E-state index in [1.807, 2.05) is 60.7 Å². The number of hydrogen-bond acceptors (Lipinski definition) is 4. The minimum Gasteiger partial charge on any atom is -0.491 e. The Morgan fingerprint density at radius 2 is 0.781 bits per heavy atom.